The van der Waals surface area contributed by atoms with Crippen LogP contribution in [0.5, 0.6) is 0 Å². The molecule has 27 heavy (non-hydrogen) atoms. The van der Waals surface area contributed by atoms with Crippen LogP contribution in [0.4, 0.5) is 5.69 Å². The Labute approximate surface area is 160 Å². The van der Waals surface area contributed by atoms with Gasteiger partial charge in [-0.3, -0.25) is 9.69 Å². The van der Waals surface area contributed by atoms with Crippen molar-refractivity contribution in [1.29, 1.82) is 0 Å². The SMILES string of the molecule is CN(CC(=O)Nc1ccc(S(=O)(=O)N(C)C)cc1)C1CCc2ccccc21. The minimum absolute atomic E-state index is 0.120. The fraction of sp³-hybridized carbons (Fsp3) is 0.350. The van der Waals surface area contributed by atoms with Crippen LogP contribution in [-0.4, -0.2) is 51.2 Å². The van der Waals surface area contributed by atoms with Crippen molar-refractivity contribution in [2.45, 2.75) is 23.8 Å². The Kier molecular flexibility index (Phi) is 5.64. The second-order valence-corrected chi connectivity index (χ2v) is 9.18. The molecule has 1 aliphatic rings. The summed E-state index contributed by atoms with van der Waals surface area (Å²) >= 11 is 0. The van der Waals surface area contributed by atoms with Crippen LogP contribution in [0.1, 0.15) is 23.6 Å². The van der Waals surface area contributed by atoms with E-state index in [0.717, 1.165) is 17.1 Å². The van der Waals surface area contributed by atoms with Gasteiger partial charge in [-0.25, -0.2) is 12.7 Å². The molecule has 144 valence electrons. The summed E-state index contributed by atoms with van der Waals surface area (Å²) in [5.41, 5.74) is 3.23. The number of aryl methyl sites for hydroxylation is 1. The highest BCUT2D eigenvalue weighted by molar-refractivity contribution is 7.89. The van der Waals surface area contributed by atoms with Crippen LogP contribution in [0.2, 0.25) is 0 Å². The topological polar surface area (TPSA) is 69.7 Å². The number of sulfonamides is 1. The molecule has 6 nitrogen and oxygen atoms in total. The van der Waals surface area contributed by atoms with Crippen molar-refractivity contribution in [3.05, 3.63) is 59.7 Å². The first-order valence-corrected chi connectivity index (χ1v) is 10.3. The summed E-state index contributed by atoms with van der Waals surface area (Å²) in [5.74, 6) is -0.120. The Morgan fingerprint density at radius 3 is 2.41 bits per heavy atom. The number of fused-ring (bicyclic) bond motifs is 1. The van der Waals surface area contributed by atoms with E-state index >= 15 is 0 Å². The lowest BCUT2D eigenvalue weighted by Gasteiger charge is -2.24. The lowest BCUT2D eigenvalue weighted by Crippen LogP contribution is -2.32. The highest BCUT2D eigenvalue weighted by atomic mass is 32.2. The molecule has 0 radical (unpaired) electrons. The van der Waals surface area contributed by atoms with Crippen LogP contribution in [0, 0.1) is 0 Å². The molecule has 1 unspecified atom stereocenters. The molecule has 0 bridgehead atoms. The third-order valence-electron chi connectivity index (χ3n) is 4.94. The van der Waals surface area contributed by atoms with Crippen molar-refractivity contribution in [1.82, 2.24) is 9.21 Å². The summed E-state index contributed by atoms with van der Waals surface area (Å²) in [6, 6.07) is 14.8. The zero-order valence-corrected chi connectivity index (χ0v) is 16.7. The normalized spacial score (nSPS) is 16.6. The molecular formula is C20H25N3O3S. The van der Waals surface area contributed by atoms with E-state index in [4.69, 9.17) is 0 Å². The fourth-order valence-electron chi connectivity index (χ4n) is 3.45. The number of amides is 1. The largest absolute Gasteiger partial charge is 0.325 e. The number of rotatable bonds is 6. The number of carbonyl (C=O) groups excluding carboxylic acids is 1. The van der Waals surface area contributed by atoms with Gasteiger partial charge in [-0.2, -0.15) is 0 Å². The third kappa shape index (κ3) is 4.21. The Balaban J connectivity index is 1.61. The molecule has 7 heteroatoms. The number of benzene rings is 2. The van der Waals surface area contributed by atoms with Crippen LogP contribution in [0.25, 0.3) is 0 Å². The highest BCUT2D eigenvalue weighted by Gasteiger charge is 2.26. The zero-order chi connectivity index (χ0) is 19.6. The molecule has 1 amide bonds. The van der Waals surface area contributed by atoms with Gasteiger partial charge in [0.2, 0.25) is 15.9 Å². The average Bonchev–Trinajstić information content (AvgIpc) is 3.06. The number of hydrogen-bond acceptors (Lipinski definition) is 4. The quantitative estimate of drug-likeness (QED) is 0.827. The molecule has 0 aromatic heterocycles. The van der Waals surface area contributed by atoms with Gasteiger partial charge in [-0.1, -0.05) is 24.3 Å². The van der Waals surface area contributed by atoms with Gasteiger partial charge in [0.05, 0.1) is 11.4 Å². The van der Waals surface area contributed by atoms with E-state index in [-0.39, 0.29) is 23.4 Å². The summed E-state index contributed by atoms with van der Waals surface area (Å²) in [5, 5.41) is 2.84. The lowest BCUT2D eigenvalue weighted by atomic mass is 10.1. The molecule has 0 spiro atoms. The Morgan fingerprint density at radius 2 is 1.74 bits per heavy atom. The van der Waals surface area contributed by atoms with Crippen molar-refractivity contribution in [3.8, 4) is 0 Å². The molecule has 0 heterocycles. The third-order valence-corrected chi connectivity index (χ3v) is 6.77. The minimum atomic E-state index is -3.47. The van der Waals surface area contributed by atoms with E-state index in [1.54, 1.807) is 12.1 Å². The summed E-state index contributed by atoms with van der Waals surface area (Å²) < 4.78 is 25.3. The van der Waals surface area contributed by atoms with Crippen molar-refractivity contribution in [2.24, 2.45) is 0 Å². The van der Waals surface area contributed by atoms with Gasteiger partial charge in [-0.15, -0.1) is 0 Å². The molecule has 1 atom stereocenters. The zero-order valence-electron chi connectivity index (χ0n) is 15.8. The maximum absolute atomic E-state index is 12.4. The summed E-state index contributed by atoms with van der Waals surface area (Å²) in [7, 11) is 1.47. The molecule has 3 rings (SSSR count). The summed E-state index contributed by atoms with van der Waals surface area (Å²) in [6.45, 7) is 0.275. The van der Waals surface area contributed by atoms with Gasteiger partial charge >= 0.3 is 0 Å². The van der Waals surface area contributed by atoms with Crippen molar-refractivity contribution in [3.63, 3.8) is 0 Å². The average molecular weight is 388 g/mol. The number of hydrogen-bond donors (Lipinski definition) is 1. The lowest BCUT2D eigenvalue weighted by molar-refractivity contribution is -0.117. The Hall–Kier alpha value is -2.22. The van der Waals surface area contributed by atoms with E-state index in [0.29, 0.717) is 5.69 Å². The molecule has 0 fully saturated rings. The molecule has 0 aliphatic heterocycles. The van der Waals surface area contributed by atoms with Gasteiger partial charge in [-0.05, 0) is 55.3 Å². The second kappa shape index (κ2) is 7.80. The maximum Gasteiger partial charge on any atom is 0.242 e. The molecule has 1 aliphatic carbocycles. The summed E-state index contributed by atoms with van der Waals surface area (Å²) in [6.07, 6.45) is 2.05. The van der Waals surface area contributed by atoms with Gasteiger partial charge in [0.25, 0.3) is 0 Å². The van der Waals surface area contributed by atoms with Crippen LogP contribution >= 0.6 is 0 Å². The Morgan fingerprint density at radius 1 is 1.07 bits per heavy atom. The van der Waals surface area contributed by atoms with Gasteiger partial charge in [0, 0.05) is 25.8 Å². The standard InChI is InChI=1S/C20H25N3O3S/c1-22(2)27(25,26)17-11-9-16(10-12-17)21-20(24)14-23(3)19-13-8-15-6-4-5-7-18(15)19/h4-7,9-12,19H,8,13-14H2,1-3H3,(H,21,24). The monoisotopic (exact) mass is 387 g/mol. The fourth-order valence-corrected chi connectivity index (χ4v) is 4.35. The smallest absolute Gasteiger partial charge is 0.242 e. The Bertz CT molecular complexity index is 924. The number of carbonyl (C=O) groups is 1. The molecular weight excluding hydrogens is 362 g/mol. The van der Waals surface area contributed by atoms with E-state index < -0.39 is 10.0 Å². The van der Waals surface area contributed by atoms with Crippen LogP contribution in [0.15, 0.2) is 53.4 Å². The molecule has 0 saturated carbocycles. The van der Waals surface area contributed by atoms with Gasteiger partial charge in [0.1, 0.15) is 0 Å². The number of anilines is 1. The first-order valence-electron chi connectivity index (χ1n) is 8.89. The van der Waals surface area contributed by atoms with E-state index in [1.807, 2.05) is 19.2 Å². The first-order chi connectivity index (χ1) is 12.8. The predicted octanol–water partition coefficient (Wildman–Crippen LogP) is 2.49. The van der Waals surface area contributed by atoms with E-state index in [1.165, 1.54) is 37.4 Å². The number of nitrogens with zero attached hydrogens (tertiary/aromatic N) is 2. The van der Waals surface area contributed by atoms with Crippen LogP contribution in [-0.2, 0) is 21.2 Å². The number of likely N-dealkylation sites (N-methyl/N-ethyl adjacent to an activating group) is 1. The van der Waals surface area contributed by atoms with Crippen LogP contribution in [0.3, 0.4) is 0 Å². The predicted molar refractivity (Wildman–Crippen MR) is 106 cm³/mol. The summed E-state index contributed by atoms with van der Waals surface area (Å²) in [4.78, 5) is 14.7. The van der Waals surface area contributed by atoms with E-state index in [9.17, 15) is 13.2 Å². The van der Waals surface area contributed by atoms with Gasteiger partial charge in [0.15, 0.2) is 0 Å². The highest BCUT2D eigenvalue weighted by Crippen LogP contribution is 2.34. The van der Waals surface area contributed by atoms with Crippen LogP contribution < -0.4 is 5.32 Å². The first kappa shape index (κ1) is 19.5. The van der Waals surface area contributed by atoms with Crippen molar-refractivity contribution in [2.75, 3.05) is 33.0 Å². The second-order valence-electron chi connectivity index (χ2n) is 7.03. The molecule has 2 aromatic carbocycles. The van der Waals surface area contributed by atoms with E-state index in [2.05, 4.69) is 22.3 Å². The minimum Gasteiger partial charge on any atom is -0.325 e. The molecule has 2 aromatic rings. The van der Waals surface area contributed by atoms with Crippen molar-refractivity contribution >= 4 is 21.6 Å². The van der Waals surface area contributed by atoms with Gasteiger partial charge < -0.3 is 5.32 Å². The maximum atomic E-state index is 12.4. The molecule has 1 N–H and O–H groups in total. The number of nitrogens with one attached hydrogen (secondary N) is 1. The van der Waals surface area contributed by atoms with Crippen molar-refractivity contribution < 1.29 is 13.2 Å². The molecule has 0 saturated heterocycles.